The minimum Gasteiger partial charge on any atom is -0.490 e. The maximum Gasteiger partial charge on any atom is 0.203 e. The van der Waals surface area contributed by atoms with Gasteiger partial charge in [-0.1, -0.05) is 12.6 Å². The van der Waals surface area contributed by atoms with Gasteiger partial charge in [-0.25, -0.2) is 0 Å². The smallest absolute Gasteiger partial charge is 0.203 e. The lowest BCUT2D eigenvalue weighted by molar-refractivity contribution is 0.263. The normalized spacial score (nSPS) is 9.82. The Balaban J connectivity index is 2.92. The van der Waals surface area contributed by atoms with Crippen LogP contribution in [-0.4, -0.2) is 19.8 Å². The SMILES string of the molecule is C=C(C)COc1cccc(OCC)c1OCC. The molecule has 3 heteroatoms. The predicted molar refractivity (Wildman–Crippen MR) is 69.1 cm³/mol. The quantitative estimate of drug-likeness (QED) is 0.679. The molecule has 0 aliphatic heterocycles. The van der Waals surface area contributed by atoms with E-state index in [1.165, 1.54) is 0 Å². The van der Waals surface area contributed by atoms with Crippen molar-refractivity contribution in [1.29, 1.82) is 0 Å². The largest absolute Gasteiger partial charge is 0.490 e. The molecule has 17 heavy (non-hydrogen) atoms. The summed E-state index contributed by atoms with van der Waals surface area (Å²) < 4.78 is 16.7. The number of para-hydroxylation sites is 1. The van der Waals surface area contributed by atoms with Crippen molar-refractivity contribution in [2.24, 2.45) is 0 Å². The summed E-state index contributed by atoms with van der Waals surface area (Å²) in [5, 5.41) is 0. The summed E-state index contributed by atoms with van der Waals surface area (Å²) >= 11 is 0. The van der Waals surface area contributed by atoms with Crippen molar-refractivity contribution in [1.82, 2.24) is 0 Å². The van der Waals surface area contributed by atoms with Gasteiger partial charge in [0.2, 0.25) is 5.75 Å². The molecule has 94 valence electrons. The highest BCUT2D eigenvalue weighted by molar-refractivity contribution is 5.51. The molecule has 0 fully saturated rings. The van der Waals surface area contributed by atoms with Crippen molar-refractivity contribution in [2.75, 3.05) is 19.8 Å². The van der Waals surface area contributed by atoms with Gasteiger partial charge in [0.25, 0.3) is 0 Å². The Morgan fingerprint density at radius 3 is 2.18 bits per heavy atom. The Morgan fingerprint density at radius 1 is 1.06 bits per heavy atom. The number of hydrogen-bond acceptors (Lipinski definition) is 3. The van der Waals surface area contributed by atoms with Crippen LogP contribution in [-0.2, 0) is 0 Å². The second-order valence-corrected chi connectivity index (χ2v) is 3.70. The summed E-state index contributed by atoms with van der Waals surface area (Å²) in [5.74, 6) is 2.08. The first kappa shape index (κ1) is 13.4. The van der Waals surface area contributed by atoms with E-state index in [1.54, 1.807) is 0 Å². The summed E-state index contributed by atoms with van der Waals surface area (Å²) in [6.07, 6.45) is 0. The Bertz CT molecular complexity index is 372. The summed E-state index contributed by atoms with van der Waals surface area (Å²) in [5.41, 5.74) is 0.967. The number of hydrogen-bond donors (Lipinski definition) is 0. The molecule has 0 aromatic heterocycles. The molecule has 0 bridgehead atoms. The molecule has 0 aliphatic rings. The fourth-order valence-electron chi connectivity index (χ4n) is 1.37. The van der Waals surface area contributed by atoms with Gasteiger partial charge in [0.15, 0.2) is 11.5 Å². The molecule has 0 aliphatic carbocycles. The van der Waals surface area contributed by atoms with Crippen molar-refractivity contribution < 1.29 is 14.2 Å². The van der Waals surface area contributed by atoms with Gasteiger partial charge in [0.05, 0.1) is 13.2 Å². The molecule has 0 unspecified atom stereocenters. The first-order valence-corrected chi connectivity index (χ1v) is 5.84. The van der Waals surface area contributed by atoms with Crippen molar-refractivity contribution in [3.63, 3.8) is 0 Å². The monoisotopic (exact) mass is 236 g/mol. The van der Waals surface area contributed by atoms with E-state index in [9.17, 15) is 0 Å². The first-order chi connectivity index (χ1) is 8.19. The Labute approximate surface area is 103 Å². The van der Waals surface area contributed by atoms with Crippen LogP contribution in [0.25, 0.3) is 0 Å². The highest BCUT2D eigenvalue weighted by Crippen LogP contribution is 2.37. The third-order valence-corrected chi connectivity index (χ3v) is 2.01. The molecule has 1 rings (SSSR count). The summed E-state index contributed by atoms with van der Waals surface area (Å²) in [7, 11) is 0. The lowest BCUT2D eigenvalue weighted by atomic mass is 10.3. The number of rotatable bonds is 7. The van der Waals surface area contributed by atoms with Crippen LogP contribution in [0.3, 0.4) is 0 Å². The number of benzene rings is 1. The molecule has 1 aromatic carbocycles. The van der Waals surface area contributed by atoms with E-state index < -0.39 is 0 Å². The molecule has 0 amide bonds. The highest BCUT2D eigenvalue weighted by Gasteiger charge is 2.11. The fraction of sp³-hybridized carbons (Fsp3) is 0.429. The molecular formula is C14H20O3. The van der Waals surface area contributed by atoms with Crippen molar-refractivity contribution in [2.45, 2.75) is 20.8 Å². The molecule has 0 saturated carbocycles. The van der Waals surface area contributed by atoms with Crippen LogP contribution >= 0.6 is 0 Å². The van der Waals surface area contributed by atoms with E-state index in [1.807, 2.05) is 39.0 Å². The van der Waals surface area contributed by atoms with Crippen LogP contribution in [0.2, 0.25) is 0 Å². The van der Waals surface area contributed by atoms with Gasteiger partial charge in [0.1, 0.15) is 6.61 Å². The maximum atomic E-state index is 5.63. The molecule has 0 radical (unpaired) electrons. The van der Waals surface area contributed by atoms with Crippen LogP contribution in [0.5, 0.6) is 17.2 Å². The average molecular weight is 236 g/mol. The minimum absolute atomic E-state index is 0.482. The van der Waals surface area contributed by atoms with E-state index in [-0.39, 0.29) is 0 Å². The van der Waals surface area contributed by atoms with Crippen LogP contribution in [0.4, 0.5) is 0 Å². The Kier molecular flexibility index (Phi) is 5.40. The first-order valence-electron chi connectivity index (χ1n) is 5.84. The molecule has 0 N–H and O–H groups in total. The lowest BCUT2D eigenvalue weighted by Crippen LogP contribution is -2.03. The standard InChI is InChI=1S/C14H20O3/c1-5-15-12-8-7-9-13(14(12)16-6-2)17-10-11(3)4/h7-9H,3,5-6,10H2,1-2,4H3. The molecule has 0 saturated heterocycles. The zero-order valence-electron chi connectivity index (χ0n) is 10.8. The van der Waals surface area contributed by atoms with Gasteiger partial charge in [-0.05, 0) is 38.5 Å². The molecular weight excluding hydrogens is 216 g/mol. The summed E-state index contributed by atoms with van der Waals surface area (Å²) in [6, 6.07) is 5.64. The van der Waals surface area contributed by atoms with Gasteiger partial charge in [0, 0.05) is 0 Å². The molecule has 3 nitrogen and oxygen atoms in total. The Hall–Kier alpha value is -1.64. The molecule has 1 aromatic rings. The zero-order chi connectivity index (χ0) is 12.7. The summed E-state index contributed by atoms with van der Waals surface area (Å²) in [4.78, 5) is 0. The van der Waals surface area contributed by atoms with Gasteiger partial charge < -0.3 is 14.2 Å². The second kappa shape index (κ2) is 6.84. The van der Waals surface area contributed by atoms with E-state index >= 15 is 0 Å². The van der Waals surface area contributed by atoms with Crippen LogP contribution in [0.15, 0.2) is 30.4 Å². The van der Waals surface area contributed by atoms with Crippen molar-refractivity contribution >= 4 is 0 Å². The predicted octanol–water partition coefficient (Wildman–Crippen LogP) is 3.44. The van der Waals surface area contributed by atoms with E-state index in [0.717, 1.165) is 5.57 Å². The molecule has 0 spiro atoms. The lowest BCUT2D eigenvalue weighted by Gasteiger charge is -2.15. The van der Waals surface area contributed by atoms with E-state index in [0.29, 0.717) is 37.1 Å². The second-order valence-electron chi connectivity index (χ2n) is 3.70. The van der Waals surface area contributed by atoms with Crippen LogP contribution in [0, 0.1) is 0 Å². The summed E-state index contributed by atoms with van der Waals surface area (Å²) in [6.45, 7) is 11.3. The van der Waals surface area contributed by atoms with Gasteiger partial charge in [-0.3, -0.25) is 0 Å². The third-order valence-electron chi connectivity index (χ3n) is 2.01. The number of ether oxygens (including phenoxy) is 3. The van der Waals surface area contributed by atoms with Gasteiger partial charge >= 0.3 is 0 Å². The van der Waals surface area contributed by atoms with Crippen molar-refractivity contribution in [3.05, 3.63) is 30.4 Å². The van der Waals surface area contributed by atoms with Crippen LogP contribution < -0.4 is 14.2 Å². The van der Waals surface area contributed by atoms with Gasteiger partial charge in [-0.15, -0.1) is 0 Å². The maximum absolute atomic E-state index is 5.63. The minimum atomic E-state index is 0.482. The van der Waals surface area contributed by atoms with E-state index in [2.05, 4.69) is 6.58 Å². The fourth-order valence-corrected chi connectivity index (χ4v) is 1.37. The molecule has 0 heterocycles. The zero-order valence-corrected chi connectivity index (χ0v) is 10.8. The third kappa shape index (κ3) is 4.02. The van der Waals surface area contributed by atoms with Crippen LogP contribution in [0.1, 0.15) is 20.8 Å². The molecule has 0 atom stereocenters. The van der Waals surface area contributed by atoms with E-state index in [4.69, 9.17) is 14.2 Å². The Morgan fingerprint density at radius 2 is 1.65 bits per heavy atom. The highest BCUT2D eigenvalue weighted by atomic mass is 16.5. The topological polar surface area (TPSA) is 27.7 Å². The average Bonchev–Trinajstić information content (AvgIpc) is 2.30. The van der Waals surface area contributed by atoms with Crippen molar-refractivity contribution in [3.8, 4) is 17.2 Å². The van der Waals surface area contributed by atoms with Gasteiger partial charge in [-0.2, -0.15) is 0 Å².